The molecule has 3 nitrogen and oxygen atoms in total. The Morgan fingerprint density at radius 3 is 2.47 bits per heavy atom. The van der Waals surface area contributed by atoms with Gasteiger partial charge in [-0.3, -0.25) is 4.90 Å². The lowest BCUT2D eigenvalue weighted by Gasteiger charge is -2.26. The molecule has 1 unspecified atom stereocenters. The minimum absolute atomic E-state index is 0.169. The van der Waals surface area contributed by atoms with Crippen LogP contribution >= 0.6 is 0 Å². The summed E-state index contributed by atoms with van der Waals surface area (Å²) in [5.74, 6) is -0.169. The van der Waals surface area contributed by atoms with Crippen molar-refractivity contribution >= 4 is 5.97 Å². The van der Waals surface area contributed by atoms with E-state index in [1.807, 2.05) is 7.05 Å². The van der Waals surface area contributed by atoms with E-state index in [0.29, 0.717) is 6.04 Å². The fourth-order valence-corrected chi connectivity index (χ4v) is 2.50. The van der Waals surface area contributed by atoms with Crippen molar-refractivity contribution in [2.24, 2.45) is 0 Å². The summed E-state index contributed by atoms with van der Waals surface area (Å²) in [6, 6.07) is 8.62. The molecule has 2 rings (SSSR count). The third-order valence-electron chi connectivity index (χ3n) is 3.79. The van der Waals surface area contributed by atoms with Crippen molar-refractivity contribution in [2.45, 2.75) is 44.7 Å². The maximum atomic E-state index is 12.0. The van der Waals surface area contributed by atoms with Gasteiger partial charge in [-0.1, -0.05) is 37.6 Å². The summed E-state index contributed by atoms with van der Waals surface area (Å²) in [4.78, 5) is 14.2. The maximum absolute atomic E-state index is 12.0. The number of esters is 1. The van der Waals surface area contributed by atoms with Crippen LogP contribution < -0.4 is 0 Å². The first-order valence-corrected chi connectivity index (χ1v) is 7.06. The molecule has 0 radical (unpaired) electrons. The minimum Gasteiger partial charge on any atom is -0.468 e. The molecular weight excluding hydrogens is 238 g/mol. The third-order valence-corrected chi connectivity index (χ3v) is 3.79. The van der Waals surface area contributed by atoms with Gasteiger partial charge in [-0.25, -0.2) is 4.79 Å². The Morgan fingerprint density at radius 1 is 1.37 bits per heavy atom. The van der Waals surface area contributed by atoms with Crippen molar-refractivity contribution in [3.63, 3.8) is 0 Å². The molecule has 0 saturated heterocycles. The van der Waals surface area contributed by atoms with Gasteiger partial charge < -0.3 is 4.74 Å². The molecule has 0 aliphatic heterocycles. The Labute approximate surface area is 115 Å². The average Bonchev–Trinajstić information content (AvgIpc) is 3.25. The lowest BCUT2D eigenvalue weighted by molar-refractivity contribution is -0.147. The highest BCUT2D eigenvalue weighted by molar-refractivity contribution is 5.77. The number of carbonyl (C=O) groups is 1. The molecule has 1 aliphatic carbocycles. The van der Waals surface area contributed by atoms with Crippen LogP contribution in [-0.2, 0) is 16.0 Å². The van der Waals surface area contributed by atoms with Crippen molar-refractivity contribution in [1.82, 2.24) is 4.90 Å². The van der Waals surface area contributed by atoms with Crippen LogP contribution in [0.3, 0.4) is 0 Å². The zero-order chi connectivity index (χ0) is 13.8. The molecule has 0 aromatic heterocycles. The van der Waals surface area contributed by atoms with Crippen LogP contribution in [0.25, 0.3) is 0 Å². The first-order valence-electron chi connectivity index (χ1n) is 7.06. The number of rotatable bonds is 6. The lowest BCUT2D eigenvalue weighted by atomic mass is 10.0. The summed E-state index contributed by atoms with van der Waals surface area (Å²) in [7, 11) is 3.47. The van der Waals surface area contributed by atoms with E-state index in [2.05, 4.69) is 36.1 Å². The molecule has 0 bridgehead atoms. The highest BCUT2D eigenvalue weighted by Gasteiger charge is 2.36. The van der Waals surface area contributed by atoms with Crippen LogP contribution in [-0.4, -0.2) is 31.1 Å². The predicted molar refractivity (Wildman–Crippen MR) is 76.0 cm³/mol. The van der Waals surface area contributed by atoms with Crippen molar-refractivity contribution in [3.05, 3.63) is 35.4 Å². The third kappa shape index (κ3) is 3.35. The second kappa shape index (κ2) is 6.20. The minimum atomic E-state index is -0.270. The zero-order valence-electron chi connectivity index (χ0n) is 12.1. The van der Waals surface area contributed by atoms with Gasteiger partial charge in [-0.05, 0) is 37.4 Å². The van der Waals surface area contributed by atoms with Crippen molar-refractivity contribution in [3.8, 4) is 0 Å². The molecule has 0 heterocycles. The summed E-state index contributed by atoms with van der Waals surface area (Å²) in [5.41, 5.74) is 2.35. The number of ether oxygens (including phenoxy) is 1. The van der Waals surface area contributed by atoms with Crippen LogP contribution in [0.1, 0.15) is 43.4 Å². The van der Waals surface area contributed by atoms with Crippen molar-refractivity contribution in [2.75, 3.05) is 14.2 Å². The number of nitrogens with zero attached hydrogens (tertiary/aromatic N) is 1. The van der Waals surface area contributed by atoms with Gasteiger partial charge in [0, 0.05) is 6.04 Å². The number of aryl methyl sites for hydroxylation is 1. The summed E-state index contributed by atoms with van der Waals surface area (Å²) in [6.45, 7) is 2.17. The van der Waals surface area contributed by atoms with Gasteiger partial charge in [0.05, 0.1) is 7.11 Å². The Bertz CT molecular complexity index is 423. The number of benzene rings is 1. The van der Waals surface area contributed by atoms with E-state index >= 15 is 0 Å². The zero-order valence-corrected chi connectivity index (χ0v) is 12.1. The first-order chi connectivity index (χ1) is 9.17. The van der Waals surface area contributed by atoms with Gasteiger partial charge in [0.15, 0.2) is 0 Å². The van der Waals surface area contributed by atoms with Crippen LogP contribution in [0.4, 0.5) is 0 Å². The Morgan fingerprint density at radius 2 is 2.00 bits per heavy atom. The quantitative estimate of drug-likeness (QED) is 0.737. The van der Waals surface area contributed by atoms with Gasteiger partial charge in [-0.2, -0.15) is 0 Å². The molecule has 1 fully saturated rings. The van der Waals surface area contributed by atoms with Crippen LogP contribution in [0.5, 0.6) is 0 Å². The Balaban J connectivity index is 2.19. The van der Waals surface area contributed by atoms with E-state index in [0.717, 1.165) is 18.4 Å². The molecule has 1 aromatic rings. The van der Waals surface area contributed by atoms with E-state index in [1.165, 1.54) is 25.5 Å². The largest absolute Gasteiger partial charge is 0.468 e. The smallest absolute Gasteiger partial charge is 0.327 e. The topological polar surface area (TPSA) is 29.5 Å². The van der Waals surface area contributed by atoms with E-state index in [4.69, 9.17) is 4.74 Å². The van der Waals surface area contributed by atoms with E-state index in [1.54, 1.807) is 0 Å². The molecular formula is C16H23NO2. The summed E-state index contributed by atoms with van der Waals surface area (Å²) in [5, 5.41) is 0. The van der Waals surface area contributed by atoms with Crippen LogP contribution in [0.2, 0.25) is 0 Å². The SMILES string of the molecule is CCCc1ccc(C(C(=O)OC)N(C)C2CC2)cc1. The van der Waals surface area contributed by atoms with Gasteiger partial charge in [0.25, 0.3) is 0 Å². The fraction of sp³-hybridized carbons (Fsp3) is 0.562. The van der Waals surface area contributed by atoms with Gasteiger partial charge in [0.1, 0.15) is 6.04 Å². The number of methoxy groups -OCH3 is 1. The first kappa shape index (κ1) is 14.1. The van der Waals surface area contributed by atoms with Gasteiger partial charge in [0.2, 0.25) is 0 Å². The van der Waals surface area contributed by atoms with Gasteiger partial charge >= 0.3 is 5.97 Å². The molecule has 0 spiro atoms. The van der Waals surface area contributed by atoms with E-state index in [-0.39, 0.29) is 12.0 Å². The highest BCUT2D eigenvalue weighted by Crippen LogP contribution is 2.33. The lowest BCUT2D eigenvalue weighted by Crippen LogP contribution is -2.33. The standard InChI is InChI=1S/C16H23NO2/c1-4-5-12-6-8-13(9-7-12)15(16(18)19-3)17(2)14-10-11-14/h6-9,14-15H,4-5,10-11H2,1-3H3. The highest BCUT2D eigenvalue weighted by atomic mass is 16.5. The summed E-state index contributed by atoms with van der Waals surface area (Å²) >= 11 is 0. The summed E-state index contributed by atoms with van der Waals surface area (Å²) in [6.07, 6.45) is 4.58. The molecule has 1 aromatic carbocycles. The van der Waals surface area contributed by atoms with Crippen molar-refractivity contribution < 1.29 is 9.53 Å². The molecule has 3 heteroatoms. The second-order valence-electron chi connectivity index (χ2n) is 5.31. The molecule has 1 atom stereocenters. The van der Waals surface area contributed by atoms with Gasteiger partial charge in [-0.15, -0.1) is 0 Å². The fourth-order valence-electron chi connectivity index (χ4n) is 2.50. The number of likely N-dealkylation sites (N-methyl/N-ethyl adjacent to an activating group) is 1. The molecule has 0 N–H and O–H groups in total. The van der Waals surface area contributed by atoms with Crippen LogP contribution in [0, 0.1) is 0 Å². The summed E-state index contributed by atoms with van der Waals surface area (Å²) < 4.78 is 4.96. The predicted octanol–water partition coefficient (Wildman–Crippen LogP) is 2.95. The average molecular weight is 261 g/mol. The van der Waals surface area contributed by atoms with Crippen LogP contribution in [0.15, 0.2) is 24.3 Å². The number of carbonyl (C=O) groups excluding carboxylic acids is 1. The monoisotopic (exact) mass is 261 g/mol. The maximum Gasteiger partial charge on any atom is 0.327 e. The Hall–Kier alpha value is -1.35. The van der Waals surface area contributed by atoms with E-state index < -0.39 is 0 Å². The second-order valence-corrected chi connectivity index (χ2v) is 5.31. The molecule has 0 amide bonds. The molecule has 104 valence electrons. The number of hydrogen-bond donors (Lipinski definition) is 0. The molecule has 1 aliphatic rings. The molecule has 1 saturated carbocycles. The van der Waals surface area contributed by atoms with Crippen molar-refractivity contribution in [1.29, 1.82) is 0 Å². The Kier molecular flexibility index (Phi) is 4.59. The number of hydrogen-bond acceptors (Lipinski definition) is 3. The molecule has 19 heavy (non-hydrogen) atoms. The van der Waals surface area contributed by atoms with E-state index in [9.17, 15) is 4.79 Å². The normalized spacial score (nSPS) is 16.4.